The summed E-state index contributed by atoms with van der Waals surface area (Å²) in [4.78, 5) is 0. The predicted octanol–water partition coefficient (Wildman–Crippen LogP) is 5.70. The van der Waals surface area contributed by atoms with Gasteiger partial charge in [-0.25, -0.2) is 0 Å². The molecule has 0 saturated heterocycles. The number of hydrogen-bond acceptors (Lipinski definition) is 1. The molecule has 0 fully saturated rings. The molecule has 0 bridgehead atoms. The van der Waals surface area contributed by atoms with Crippen LogP contribution in [0.25, 0.3) is 0 Å². The first kappa shape index (κ1) is 14.2. The molecule has 1 heteroatoms. The molecule has 0 unspecified atom stereocenters. The van der Waals surface area contributed by atoms with Crippen molar-refractivity contribution in [3.05, 3.63) is 71.8 Å². The van der Waals surface area contributed by atoms with Crippen LogP contribution in [0.1, 0.15) is 42.6 Å². The molecule has 0 saturated carbocycles. The first-order valence-electron chi connectivity index (χ1n) is 7.13. The van der Waals surface area contributed by atoms with Gasteiger partial charge in [0.05, 0.1) is 5.25 Å². The van der Waals surface area contributed by atoms with Crippen LogP contribution in [0, 0.1) is 0 Å². The minimum atomic E-state index is 0.472. The lowest BCUT2D eigenvalue weighted by Crippen LogP contribution is -1.98. The minimum Gasteiger partial charge on any atom is -0.149 e. The second-order valence-corrected chi connectivity index (χ2v) is 5.99. The van der Waals surface area contributed by atoms with Crippen molar-refractivity contribution < 1.29 is 0 Å². The lowest BCUT2D eigenvalue weighted by atomic mass is 10.0. The summed E-state index contributed by atoms with van der Waals surface area (Å²) < 4.78 is 0. The van der Waals surface area contributed by atoms with Gasteiger partial charge in [-0.15, -0.1) is 11.8 Å². The van der Waals surface area contributed by atoms with Crippen LogP contribution >= 0.6 is 11.8 Å². The Labute approximate surface area is 121 Å². The Balaban J connectivity index is 2.10. The average molecular weight is 270 g/mol. The van der Waals surface area contributed by atoms with Crippen molar-refractivity contribution in [2.75, 3.05) is 5.75 Å². The SMILES string of the molecule is CCCCCSC(c1ccccc1)c1ccccc1. The fraction of sp³-hybridized carbons (Fsp3) is 0.333. The Hall–Kier alpha value is -1.21. The summed E-state index contributed by atoms with van der Waals surface area (Å²) in [6.07, 6.45) is 3.95. The molecule has 0 aliphatic rings. The molecule has 0 amide bonds. The van der Waals surface area contributed by atoms with Gasteiger partial charge in [-0.3, -0.25) is 0 Å². The second-order valence-electron chi connectivity index (χ2n) is 4.78. The van der Waals surface area contributed by atoms with Gasteiger partial charge in [-0.1, -0.05) is 80.4 Å². The number of unbranched alkanes of at least 4 members (excludes halogenated alkanes) is 2. The third-order valence-corrected chi connectivity index (χ3v) is 4.64. The molecular formula is C18H22S. The van der Waals surface area contributed by atoms with Gasteiger partial charge in [0.1, 0.15) is 0 Å². The van der Waals surface area contributed by atoms with Crippen molar-refractivity contribution in [1.29, 1.82) is 0 Å². The van der Waals surface area contributed by atoms with Gasteiger partial charge < -0.3 is 0 Å². The molecule has 0 radical (unpaired) electrons. The maximum Gasteiger partial charge on any atom is 0.0546 e. The highest BCUT2D eigenvalue weighted by atomic mass is 32.2. The van der Waals surface area contributed by atoms with E-state index in [0.29, 0.717) is 5.25 Å². The van der Waals surface area contributed by atoms with Crippen molar-refractivity contribution in [1.82, 2.24) is 0 Å². The molecule has 2 aromatic rings. The molecule has 0 aromatic heterocycles. The maximum atomic E-state index is 2.26. The zero-order chi connectivity index (χ0) is 13.3. The monoisotopic (exact) mass is 270 g/mol. The van der Waals surface area contributed by atoms with Crippen molar-refractivity contribution in [3.8, 4) is 0 Å². The fourth-order valence-electron chi connectivity index (χ4n) is 2.19. The topological polar surface area (TPSA) is 0 Å². The van der Waals surface area contributed by atoms with Crippen LogP contribution in [0.3, 0.4) is 0 Å². The van der Waals surface area contributed by atoms with E-state index in [4.69, 9.17) is 0 Å². The third-order valence-electron chi connectivity index (χ3n) is 3.24. The van der Waals surface area contributed by atoms with Crippen molar-refractivity contribution in [2.45, 2.75) is 31.4 Å². The van der Waals surface area contributed by atoms with Crippen LogP contribution in [-0.2, 0) is 0 Å². The molecule has 2 rings (SSSR count). The number of benzene rings is 2. The fourth-order valence-corrected chi connectivity index (χ4v) is 3.50. The molecule has 0 nitrogen and oxygen atoms in total. The number of rotatable bonds is 7. The maximum absolute atomic E-state index is 2.26. The van der Waals surface area contributed by atoms with E-state index < -0.39 is 0 Å². The van der Waals surface area contributed by atoms with Gasteiger partial charge in [-0.05, 0) is 23.3 Å². The lowest BCUT2D eigenvalue weighted by molar-refractivity contribution is 0.778. The zero-order valence-corrected chi connectivity index (χ0v) is 12.4. The average Bonchev–Trinajstić information content (AvgIpc) is 2.49. The highest BCUT2D eigenvalue weighted by Crippen LogP contribution is 2.35. The van der Waals surface area contributed by atoms with Gasteiger partial charge in [-0.2, -0.15) is 0 Å². The second kappa shape index (κ2) is 8.06. The van der Waals surface area contributed by atoms with Crippen LogP contribution in [0.2, 0.25) is 0 Å². The van der Waals surface area contributed by atoms with E-state index in [1.54, 1.807) is 0 Å². The van der Waals surface area contributed by atoms with Crippen LogP contribution in [0.4, 0.5) is 0 Å². The van der Waals surface area contributed by atoms with Gasteiger partial charge in [0.2, 0.25) is 0 Å². The number of thioether (sulfide) groups is 1. The van der Waals surface area contributed by atoms with Gasteiger partial charge in [0.15, 0.2) is 0 Å². The van der Waals surface area contributed by atoms with Crippen LogP contribution in [-0.4, -0.2) is 5.75 Å². The summed E-state index contributed by atoms with van der Waals surface area (Å²) in [6, 6.07) is 21.7. The van der Waals surface area contributed by atoms with Gasteiger partial charge in [0.25, 0.3) is 0 Å². The first-order chi connectivity index (χ1) is 9.42. The largest absolute Gasteiger partial charge is 0.149 e. The van der Waals surface area contributed by atoms with Crippen LogP contribution in [0.5, 0.6) is 0 Å². The van der Waals surface area contributed by atoms with Crippen LogP contribution < -0.4 is 0 Å². The third kappa shape index (κ3) is 4.43. The van der Waals surface area contributed by atoms with Crippen molar-refractivity contribution in [3.63, 3.8) is 0 Å². The van der Waals surface area contributed by atoms with Crippen molar-refractivity contribution in [2.24, 2.45) is 0 Å². The standard InChI is InChI=1S/C18H22S/c1-2-3-10-15-19-18(16-11-6-4-7-12-16)17-13-8-5-9-14-17/h4-9,11-14,18H,2-3,10,15H2,1H3. The predicted molar refractivity (Wildman–Crippen MR) is 86.7 cm³/mol. The first-order valence-corrected chi connectivity index (χ1v) is 8.18. The van der Waals surface area contributed by atoms with E-state index in [1.165, 1.54) is 36.1 Å². The molecule has 19 heavy (non-hydrogen) atoms. The lowest BCUT2D eigenvalue weighted by Gasteiger charge is -2.17. The summed E-state index contributed by atoms with van der Waals surface area (Å²) in [5.74, 6) is 1.24. The van der Waals surface area contributed by atoms with Gasteiger partial charge >= 0.3 is 0 Å². The number of hydrogen-bond donors (Lipinski definition) is 0. The Kier molecular flexibility index (Phi) is 6.03. The Morgan fingerprint density at radius 1 is 0.789 bits per heavy atom. The highest BCUT2D eigenvalue weighted by molar-refractivity contribution is 7.99. The van der Waals surface area contributed by atoms with Gasteiger partial charge in [0, 0.05) is 0 Å². The summed E-state index contributed by atoms with van der Waals surface area (Å²) in [5.41, 5.74) is 2.82. The summed E-state index contributed by atoms with van der Waals surface area (Å²) in [6.45, 7) is 2.26. The van der Waals surface area contributed by atoms with E-state index in [0.717, 1.165) is 0 Å². The van der Waals surface area contributed by atoms with E-state index in [2.05, 4.69) is 79.3 Å². The Bertz CT molecular complexity index is 410. The van der Waals surface area contributed by atoms with E-state index in [-0.39, 0.29) is 0 Å². The molecule has 0 spiro atoms. The Morgan fingerprint density at radius 2 is 1.32 bits per heavy atom. The molecule has 0 heterocycles. The Morgan fingerprint density at radius 3 is 1.79 bits per heavy atom. The quantitative estimate of drug-likeness (QED) is 0.582. The smallest absolute Gasteiger partial charge is 0.0546 e. The van der Waals surface area contributed by atoms with E-state index in [9.17, 15) is 0 Å². The molecular weight excluding hydrogens is 248 g/mol. The van der Waals surface area contributed by atoms with E-state index >= 15 is 0 Å². The summed E-state index contributed by atoms with van der Waals surface area (Å²) in [5, 5.41) is 0.472. The molecule has 0 aliphatic heterocycles. The molecule has 2 aromatic carbocycles. The minimum absolute atomic E-state index is 0.472. The molecule has 0 aliphatic carbocycles. The van der Waals surface area contributed by atoms with Crippen molar-refractivity contribution >= 4 is 11.8 Å². The molecule has 100 valence electrons. The summed E-state index contributed by atoms with van der Waals surface area (Å²) in [7, 11) is 0. The summed E-state index contributed by atoms with van der Waals surface area (Å²) >= 11 is 2.07. The molecule has 0 N–H and O–H groups in total. The van der Waals surface area contributed by atoms with Crippen LogP contribution in [0.15, 0.2) is 60.7 Å². The molecule has 0 atom stereocenters. The highest BCUT2D eigenvalue weighted by Gasteiger charge is 2.13. The normalized spacial score (nSPS) is 10.8. The van der Waals surface area contributed by atoms with E-state index in [1.807, 2.05) is 0 Å². The zero-order valence-electron chi connectivity index (χ0n) is 11.6.